The highest BCUT2D eigenvalue weighted by Gasteiger charge is 2.51. The maximum Gasteiger partial charge on any atom is 0.300 e. The summed E-state index contributed by atoms with van der Waals surface area (Å²) in [6, 6.07) is 16.9. The first kappa shape index (κ1) is 22.0. The summed E-state index contributed by atoms with van der Waals surface area (Å²) in [5.41, 5.74) is 1.75. The van der Waals surface area contributed by atoms with E-state index in [1.54, 1.807) is 4.52 Å². The molecule has 1 amide bonds. The van der Waals surface area contributed by atoms with E-state index in [-0.39, 0.29) is 28.5 Å². The molecule has 182 valence electrons. The summed E-state index contributed by atoms with van der Waals surface area (Å²) in [6.45, 7) is 0. The van der Waals surface area contributed by atoms with Crippen molar-refractivity contribution in [3.63, 3.8) is 0 Å². The molecule has 0 aliphatic heterocycles. The van der Waals surface area contributed by atoms with E-state index in [4.69, 9.17) is 4.98 Å². The van der Waals surface area contributed by atoms with Gasteiger partial charge in [0.1, 0.15) is 0 Å². The van der Waals surface area contributed by atoms with Gasteiger partial charge in [-0.1, -0.05) is 54.2 Å². The van der Waals surface area contributed by atoms with Gasteiger partial charge < -0.3 is 5.32 Å². The average molecular weight is 498 g/mol. The summed E-state index contributed by atoms with van der Waals surface area (Å²) in [7, 11) is 0. The third kappa shape index (κ3) is 3.79. The number of carbonyl (C=O) groups excluding carboxylic acids is 1. The van der Waals surface area contributed by atoms with Gasteiger partial charge in [0.2, 0.25) is 5.91 Å². The lowest BCUT2D eigenvalue weighted by atomic mass is 9.53. The van der Waals surface area contributed by atoms with Gasteiger partial charge in [0.15, 0.2) is 16.5 Å². The SMILES string of the molecule is O=C(CSc1nc2ccccc2c2nc(=O)c(-c3ccccc3)nn12)NC12CC3CC(CC(C3)C1)C2. The van der Waals surface area contributed by atoms with Crippen molar-refractivity contribution < 1.29 is 4.79 Å². The average Bonchev–Trinajstić information content (AvgIpc) is 2.86. The zero-order valence-electron chi connectivity index (χ0n) is 19.9. The van der Waals surface area contributed by atoms with E-state index in [9.17, 15) is 9.59 Å². The van der Waals surface area contributed by atoms with Gasteiger partial charge in [-0.3, -0.25) is 9.59 Å². The van der Waals surface area contributed by atoms with Crippen molar-refractivity contribution in [1.82, 2.24) is 24.9 Å². The largest absolute Gasteiger partial charge is 0.350 e. The van der Waals surface area contributed by atoms with Gasteiger partial charge in [-0.2, -0.15) is 14.6 Å². The van der Waals surface area contributed by atoms with Crippen LogP contribution in [0.25, 0.3) is 27.8 Å². The first-order valence-corrected chi connectivity index (χ1v) is 13.7. The molecule has 4 aromatic rings. The van der Waals surface area contributed by atoms with Crippen molar-refractivity contribution in [2.75, 3.05) is 5.75 Å². The van der Waals surface area contributed by atoms with Crippen molar-refractivity contribution in [1.29, 1.82) is 0 Å². The van der Waals surface area contributed by atoms with Crippen LogP contribution < -0.4 is 10.9 Å². The van der Waals surface area contributed by atoms with Crippen LogP contribution in [-0.2, 0) is 4.79 Å². The molecule has 2 aromatic heterocycles. The summed E-state index contributed by atoms with van der Waals surface area (Å²) >= 11 is 1.35. The first-order chi connectivity index (χ1) is 17.6. The van der Waals surface area contributed by atoms with Crippen LogP contribution in [0, 0.1) is 17.8 Å². The number of hydrogen-bond donors (Lipinski definition) is 1. The highest BCUT2D eigenvalue weighted by atomic mass is 32.2. The number of para-hydroxylation sites is 1. The molecule has 4 aliphatic rings. The van der Waals surface area contributed by atoms with Crippen LogP contribution >= 0.6 is 11.8 Å². The molecular formula is C28H27N5O2S. The predicted molar refractivity (Wildman–Crippen MR) is 140 cm³/mol. The van der Waals surface area contributed by atoms with Crippen molar-refractivity contribution in [3.8, 4) is 11.3 Å². The Bertz CT molecular complexity index is 1520. The molecule has 36 heavy (non-hydrogen) atoms. The van der Waals surface area contributed by atoms with Crippen LogP contribution in [0.15, 0.2) is 64.5 Å². The second-order valence-electron chi connectivity index (χ2n) is 10.8. The number of nitrogens with zero attached hydrogens (tertiary/aromatic N) is 4. The number of aromatic nitrogens is 4. The first-order valence-electron chi connectivity index (χ1n) is 12.7. The second-order valence-corrected chi connectivity index (χ2v) is 11.8. The van der Waals surface area contributed by atoms with Crippen LogP contribution in [0.2, 0.25) is 0 Å². The van der Waals surface area contributed by atoms with Crippen molar-refractivity contribution >= 4 is 34.2 Å². The lowest BCUT2D eigenvalue weighted by molar-refractivity contribution is -0.124. The minimum atomic E-state index is -0.381. The molecule has 8 heteroatoms. The number of carbonyl (C=O) groups is 1. The summed E-state index contributed by atoms with van der Waals surface area (Å²) in [5, 5.41) is 9.43. The van der Waals surface area contributed by atoms with Crippen molar-refractivity contribution in [3.05, 3.63) is 65.0 Å². The van der Waals surface area contributed by atoms with E-state index in [2.05, 4.69) is 15.4 Å². The Kier molecular flexibility index (Phi) is 5.13. The fourth-order valence-electron chi connectivity index (χ4n) is 7.20. The maximum atomic E-state index is 13.2. The van der Waals surface area contributed by atoms with Crippen LogP contribution in [-0.4, -0.2) is 36.8 Å². The molecule has 4 bridgehead atoms. The van der Waals surface area contributed by atoms with Crippen LogP contribution in [0.3, 0.4) is 0 Å². The summed E-state index contributed by atoms with van der Waals surface area (Å²) in [5.74, 6) is 2.62. The molecule has 4 aliphatic carbocycles. The highest BCUT2D eigenvalue weighted by Crippen LogP contribution is 2.55. The molecule has 1 N–H and O–H groups in total. The fraction of sp³-hybridized carbons (Fsp3) is 0.393. The molecule has 0 spiro atoms. The van der Waals surface area contributed by atoms with E-state index < -0.39 is 0 Å². The zero-order valence-corrected chi connectivity index (χ0v) is 20.7. The Balaban J connectivity index is 1.22. The maximum absolute atomic E-state index is 13.2. The number of hydrogen-bond acceptors (Lipinski definition) is 6. The van der Waals surface area contributed by atoms with Gasteiger partial charge in [-0.15, -0.1) is 0 Å². The molecule has 4 saturated carbocycles. The molecule has 4 fully saturated rings. The number of benzene rings is 2. The molecule has 0 atom stereocenters. The zero-order chi connectivity index (χ0) is 24.3. The second kappa shape index (κ2) is 8.40. The van der Waals surface area contributed by atoms with Crippen LogP contribution in [0.4, 0.5) is 0 Å². The molecular weight excluding hydrogens is 470 g/mol. The highest BCUT2D eigenvalue weighted by molar-refractivity contribution is 7.99. The Morgan fingerprint density at radius 1 is 0.944 bits per heavy atom. The number of nitrogens with one attached hydrogen (secondary N) is 1. The molecule has 2 heterocycles. The van der Waals surface area contributed by atoms with E-state index >= 15 is 0 Å². The van der Waals surface area contributed by atoms with E-state index in [0.717, 1.165) is 47.9 Å². The lowest BCUT2D eigenvalue weighted by Gasteiger charge is -2.56. The predicted octanol–water partition coefficient (Wildman–Crippen LogP) is 4.48. The quantitative estimate of drug-likeness (QED) is 0.248. The van der Waals surface area contributed by atoms with E-state index in [1.165, 1.54) is 31.0 Å². The molecule has 0 radical (unpaired) electrons. The van der Waals surface area contributed by atoms with Crippen LogP contribution in [0.5, 0.6) is 0 Å². The smallest absolute Gasteiger partial charge is 0.300 e. The molecule has 2 aromatic carbocycles. The minimum Gasteiger partial charge on any atom is -0.350 e. The van der Waals surface area contributed by atoms with Crippen molar-refractivity contribution in [2.45, 2.75) is 49.2 Å². The van der Waals surface area contributed by atoms with Gasteiger partial charge in [-0.05, 0) is 68.4 Å². The third-order valence-corrected chi connectivity index (χ3v) is 9.10. The Morgan fingerprint density at radius 2 is 1.61 bits per heavy atom. The van der Waals surface area contributed by atoms with E-state index in [1.807, 2.05) is 54.6 Å². The topological polar surface area (TPSA) is 89.2 Å². The monoisotopic (exact) mass is 497 g/mol. The summed E-state index contributed by atoms with van der Waals surface area (Å²) in [4.78, 5) is 35.3. The molecule has 7 nitrogen and oxygen atoms in total. The summed E-state index contributed by atoms with van der Waals surface area (Å²) < 4.78 is 1.62. The Labute approximate surface area is 212 Å². The Hall–Kier alpha value is -3.26. The van der Waals surface area contributed by atoms with Gasteiger partial charge in [0.25, 0.3) is 5.56 Å². The number of amides is 1. The van der Waals surface area contributed by atoms with Gasteiger partial charge in [0, 0.05) is 16.5 Å². The minimum absolute atomic E-state index is 0.0177. The fourth-order valence-corrected chi connectivity index (χ4v) is 7.95. The number of rotatable bonds is 5. The molecule has 0 saturated heterocycles. The third-order valence-electron chi connectivity index (χ3n) is 8.18. The number of thioether (sulfide) groups is 1. The van der Waals surface area contributed by atoms with Gasteiger partial charge >= 0.3 is 0 Å². The number of fused-ring (bicyclic) bond motifs is 3. The van der Waals surface area contributed by atoms with Gasteiger partial charge in [0.05, 0.1) is 11.3 Å². The Morgan fingerprint density at radius 3 is 2.33 bits per heavy atom. The lowest BCUT2D eigenvalue weighted by Crippen LogP contribution is -2.60. The summed E-state index contributed by atoms with van der Waals surface area (Å²) in [6.07, 6.45) is 7.41. The van der Waals surface area contributed by atoms with Crippen molar-refractivity contribution in [2.24, 2.45) is 17.8 Å². The molecule has 8 rings (SSSR count). The van der Waals surface area contributed by atoms with Gasteiger partial charge in [-0.25, -0.2) is 4.98 Å². The standard InChI is InChI=1S/C28H27N5O2S/c34-23(31-28-13-17-10-18(14-28)12-19(11-17)15-28)16-36-27-29-22-9-5-4-8-21(22)25-30-26(35)24(32-33(25)27)20-6-2-1-3-7-20/h1-9,17-19H,10-16H2,(H,31,34). The molecule has 0 unspecified atom stereocenters. The van der Waals surface area contributed by atoms with Crippen LogP contribution in [0.1, 0.15) is 38.5 Å². The normalized spacial score (nSPS) is 26.5. The van der Waals surface area contributed by atoms with E-state index in [0.29, 0.717) is 16.4 Å².